The number of nitrogens with one attached hydrogen (secondary N) is 1. The molecule has 2 aromatic heterocycles. The molecule has 0 bridgehead atoms. The van der Waals surface area contributed by atoms with Crippen molar-refractivity contribution in [2.24, 2.45) is 0 Å². The average molecular weight is 258 g/mol. The van der Waals surface area contributed by atoms with Crippen molar-refractivity contribution < 1.29 is 0 Å². The normalized spacial score (nSPS) is 12.7. The van der Waals surface area contributed by atoms with E-state index in [1.165, 1.54) is 5.56 Å². The summed E-state index contributed by atoms with van der Waals surface area (Å²) in [5, 5.41) is 8.00. The zero-order chi connectivity index (χ0) is 13.5. The number of nitrogens with zero attached hydrogens (tertiary/aromatic N) is 3. The van der Waals surface area contributed by atoms with Crippen molar-refractivity contribution in [1.29, 1.82) is 0 Å². The van der Waals surface area contributed by atoms with E-state index in [-0.39, 0.29) is 0 Å². The maximum atomic E-state index is 4.39. The van der Waals surface area contributed by atoms with E-state index in [0.29, 0.717) is 6.04 Å². The molecule has 0 saturated carbocycles. The number of rotatable bonds is 8. The van der Waals surface area contributed by atoms with Gasteiger partial charge in [0.1, 0.15) is 0 Å². The first-order valence-corrected chi connectivity index (χ1v) is 6.98. The Labute approximate surface area is 114 Å². The smallest absolute Gasteiger partial charge is 0.0892 e. The van der Waals surface area contributed by atoms with Gasteiger partial charge in [0.15, 0.2) is 0 Å². The third-order valence-electron chi connectivity index (χ3n) is 3.27. The van der Waals surface area contributed by atoms with Crippen molar-refractivity contribution in [3.05, 3.63) is 43.0 Å². The molecule has 1 atom stereocenters. The summed E-state index contributed by atoms with van der Waals surface area (Å²) in [7, 11) is 0. The van der Waals surface area contributed by atoms with E-state index in [1.807, 2.05) is 29.2 Å². The van der Waals surface area contributed by atoms with Gasteiger partial charge in [0.2, 0.25) is 0 Å². The Hall–Kier alpha value is -1.68. The first kappa shape index (κ1) is 13.7. The van der Waals surface area contributed by atoms with Crippen LogP contribution in [0.25, 0.3) is 5.52 Å². The summed E-state index contributed by atoms with van der Waals surface area (Å²) >= 11 is 0. The molecule has 0 aliphatic carbocycles. The summed E-state index contributed by atoms with van der Waals surface area (Å²) in [5.41, 5.74) is 2.33. The molecule has 102 valence electrons. The van der Waals surface area contributed by atoms with E-state index in [0.717, 1.165) is 37.7 Å². The largest absolute Gasteiger partial charge is 0.310 e. The van der Waals surface area contributed by atoms with Crippen molar-refractivity contribution >= 4 is 5.52 Å². The van der Waals surface area contributed by atoms with Crippen molar-refractivity contribution in [2.75, 3.05) is 6.54 Å². The Morgan fingerprint density at radius 1 is 1.47 bits per heavy atom. The predicted molar refractivity (Wildman–Crippen MR) is 78.1 cm³/mol. The maximum absolute atomic E-state index is 4.39. The molecule has 0 amide bonds. The summed E-state index contributed by atoms with van der Waals surface area (Å²) in [6.45, 7) is 7.00. The molecule has 0 radical (unpaired) electrons. The second-order valence-corrected chi connectivity index (χ2v) is 4.73. The fourth-order valence-electron chi connectivity index (χ4n) is 2.27. The van der Waals surface area contributed by atoms with Gasteiger partial charge in [0.05, 0.1) is 17.9 Å². The topological polar surface area (TPSA) is 42.2 Å². The number of hydrogen-bond donors (Lipinski definition) is 1. The van der Waals surface area contributed by atoms with Crippen LogP contribution in [0.5, 0.6) is 0 Å². The fraction of sp³-hybridized carbons (Fsp3) is 0.467. The lowest BCUT2D eigenvalue weighted by atomic mass is 10.0. The minimum Gasteiger partial charge on any atom is -0.310 e. The van der Waals surface area contributed by atoms with E-state index in [4.69, 9.17) is 0 Å². The van der Waals surface area contributed by atoms with E-state index < -0.39 is 0 Å². The van der Waals surface area contributed by atoms with Crippen LogP contribution >= 0.6 is 0 Å². The molecule has 0 aromatic carbocycles. The summed E-state index contributed by atoms with van der Waals surface area (Å²) in [6, 6.07) is 0.349. The van der Waals surface area contributed by atoms with Gasteiger partial charge in [0.25, 0.3) is 0 Å². The molecule has 0 saturated heterocycles. The Bertz CT molecular complexity index is 518. The number of hydrogen-bond acceptors (Lipinski definition) is 3. The van der Waals surface area contributed by atoms with Gasteiger partial charge in [-0.1, -0.05) is 13.0 Å². The molecule has 1 unspecified atom stereocenters. The molecule has 0 fully saturated rings. The van der Waals surface area contributed by atoms with Crippen LogP contribution in [0.1, 0.15) is 44.2 Å². The lowest BCUT2D eigenvalue weighted by molar-refractivity contribution is 0.488. The molecule has 19 heavy (non-hydrogen) atoms. The zero-order valence-electron chi connectivity index (χ0n) is 11.5. The molecule has 2 aromatic rings. The highest BCUT2D eigenvalue weighted by atomic mass is 15.2. The summed E-state index contributed by atoms with van der Waals surface area (Å²) in [6.07, 6.45) is 13.9. The first-order chi connectivity index (χ1) is 9.36. The lowest BCUT2D eigenvalue weighted by Crippen LogP contribution is -2.22. The quantitative estimate of drug-likeness (QED) is 0.584. The molecule has 4 heteroatoms. The molecule has 0 spiro atoms. The van der Waals surface area contributed by atoms with Crippen molar-refractivity contribution in [1.82, 2.24) is 19.9 Å². The maximum Gasteiger partial charge on any atom is 0.0892 e. The minimum atomic E-state index is 0.349. The number of aromatic nitrogens is 3. The van der Waals surface area contributed by atoms with Crippen LogP contribution in [0.4, 0.5) is 0 Å². The van der Waals surface area contributed by atoms with E-state index in [1.54, 1.807) is 6.20 Å². The Morgan fingerprint density at radius 2 is 2.37 bits per heavy atom. The minimum absolute atomic E-state index is 0.349. The van der Waals surface area contributed by atoms with Crippen LogP contribution in [0.15, 0.2) is 37.4 Å². The lowest BCUT2D eigenvalue weighted by Gasteiger charge is -2.17. The first-order valence-electron chi connectivity index (χ1n) is 6.98. The summed E-state index contributed by atoms with van der Waals surface area (Å²) in [4.78, 5) is 4.20. The average Bonchev–Trinajstić information content (AvgIpc) is 2.87. The second-order valence-electron chi connectivity index (χ2n) is 4.73. The van der Waals surface area contributed by atoms with Crippen LogP contribution in [0.2, 0.25) is 0 Å². The van der Waals surface area contributed by atoms with Crippen molar-refractivity contribution in [2.45, 2.75) is 38.6 Å². The summed E-state index contributed by atoms with van der Waals surface area (Å²) < 4.78 is 1.89. The van der Waals surface area contributed by atoms with Gasteiger partial charge in [-0.05, 0) is 32.2 Å². The third kappa shape index (κ3) is 3.41. The number of unbranched alkanes of at least 4 members (excludes halogenated alkanes) is 1. The van der Waals surface area contributed by atoms with Gasteiger partial charge < -0.3 is 5.32 Å². The molecule has 4 nitrogen and oxygen atoms in total. The highest BCUT2D eigenvalue weighted by Gasteiger charge is 2.15. The fourth-order valence-corrected chi connectivity index (χ4v) is 2.27. The monoisotopic (exact) mass is 258 g/mol. The van der Waals surface area contributed by atoms with Gasteiger partial charge in [-0.2, -0.15) is 5.10 Å². The molecule has 1 N–H and O–H groups in total. The van der Waals surface area contributed by atoms with E-state index >= 15 is 0 Å². The number of fused-ring (bicyclic) bond motifs is 1. The molecule has 2 rings (SSSR count). The van der Waals surface area contributed by atoms with Crippen LogP contribution in [-0.2, 0) is 0 Å². The number of allylic oxidation sites excluding steroid dienone is 1. The van der Waals surface area contributed by atoms with Crippen LogP contribution < -0.4 is 5.32 Å². The molecule has 2 heterocycles. The van der Waals surface area contributed by atoms with Crippen molar-refractivity contribution in [3.63, 3.8) is 0 Å². The second kappa shape index (κ2) is 7.04. The zero-order valence-corrected chi connectivity index (χ0v) is 11.5. The Kier molecular flexibility index (Phi) is 5.10. The summed E-state index contributed by atoms with van der Waals surface area (Å²) in [5.74, 6) is 0. The SMILES string of the molecule is C=CCCCC(NCCC)c1cnn2ccncc12. The van der Waals surface area contributed by atoms with E-state index in [2.05, 4.69) is 28.9 Å². The van der Waals surface area contributed by atoms with Gasteiger partial charge in [0, 0.05) is 24.0 Å². The van der Waals surface area contributed by atoms with Gasteiger partial charge in [-0.3, -0.25) is 4.98 Å². The molecular formula is C15H22N4. The molecular weight excluding hydrogens is 236 g/mol. The van der Waals surface area contributed by atoms with Gasteiger partial charge in [-0.15, -0.1) is 6.58 Å². The van der Waals surface area contributed by atoms with Crippen LogP contribution in [0, 0.1) is 0 Å². The Balaban J connectivity index is 2.18. The third-order valence-corrected chi connectivity index (χ3v) is 3.27. The highest BCUT2D eigenvalue weighted by molar-refractivity contribution is 5.53. The standard InChI is InChI=1S/C15H22N4/c1-3-5-6-7-14(17-8-4-2)13-11-18-19-10-9-16-12-15(13)19/h3,9-12,14,17H,1,4-8H2,2H3. The molecule has 0 aliphatic heterocycles. The van der Waals surface area contributed by atoms with Crippen LogP contribution in [0.3, 0.4) is 0 Å². The van der Waals surface area contributed by atoms with Crippen molar-refractivity contribution in [3.8, 4) is 0 Å². The predicted octanol–water partition coefficient (Wildman–Crippen LogP) is 3.13. The van der Waals surface area contributed by atoms with E-state index in [9.17, 15) is 0 Å². The van der Waals surface area contributed by atoms with Crippen LogP contribution in [-0.4, -0.2) is 21.1 Å². The Morgan fingerprint density at radius 3 is 3.16 bits per heavy atom. The highest BCUT2D eigenvalue weighted by Crippen LogP contribution is 2.23. The molecule has 0 aliphatic rings. The van der Waals surface area contributed by atoms with Gasteiger partial charge >= 0.3 is 0 Å². The van der Waals surface area contributed by atoms with Gasteiger partial charge in [-0.25, -0.2) is 4.52 Å².